The molecule has 2 saturated heterocycles. The Morgan fingerprint density at radius 3 is 2.32 bits per heavy atom. The van der Waals surface area contributed by atoms with Gasteiger partial charge in [0.1, 0.15) is 0 Å². The minimum absolute atomic E-state index is 0.119. The number of likely N-dealkylation sites (tertiary alicyclic amines) is 2. The maximum absolute atomic E-state index is 9.24. The first-order chi connectivity index (χ1) is 9.24. The molecule has 0 aliphatic carbocycles. The van der Waals surface area contributed by atoms with Crippen molar-refractivity contribution in [2.75, 3.05) is 39.3 Å². The molecule has 0 radical (unpaired) electrons. The highest BCUT2D eigenvalue weighted by molar-refractivity contribution is 4.77. The van der Waals surface area contributed by atoms with Gasteiger partial charge in [0.25, 0.3) is 0 Å². The van der Waals surface area contributed by atoms with E-state index >= 15 is 0 Å². The van der Waals surface area contributed by atoms with Gasteiger partial charge in [-0.25, -0.2) is 0 Å². The average molecular weight is 268 g/mol. The van der Waals surface area contributed by atoms with Crippen LogP contribution < -0.4 is 0 Å². The quantitative estimate of drug-likeness (QED) is 0.718. The molecule has 3 heteroatoms. The normalized spacial score (nSPS) is 24.9. The molecular formula is C16H32N2O. The fourth-order valence-corrected chi connectivity index (χ4v) is 3.50. The molecule has 0 aromatic carbocycles. The number of hydrogen-bond donors (Lipinski definition) is 1. The second kappa shape index (κ2) is 8.23. The summed E-state index contributed by atoms with van der Waals surface area (Å²) < 4.78 is 0. The topological polar surface area (TPSA) is 26.7 Å². The van der Waals surface area contributed by atoms with Crippen molar-refractivity contribution in [3.8, 4) is 0 Å². The molecule has 0 bridgehead atoms. The third kappa shape index (κ3) is 5.80. The van der Waals surface area contributed by atoms with Crippen LogP contribution >= 0.6 is 0 Å². The largest absolute Gasteiger partial charge is 0.393 e. The predicted octanol–water partition coefficient (Wildman–Crippen LogP) is 2.35. The number of nitrogens with zero attached hydrogens (tertiary/aromatic N) is 2. The van der Waals surface area contributed by atoms with E-state index in [0.29, 0.717) is 0 Å². The third-order valence-electron chi connectivity index (χ3n) is 4.77. The standard InChI is InChI=1S/C16H32N2O/c1-15(19)6-2-3-9-17-12-7-16(8-13-17)14-18-10-4-5-11-18/h15-16,19H,2-14H2,1H3. The highest BCUT2D eigenvalue weighted by atomic mass is 16.3. The van der Waals surface area contributed by atoms with Crippen LogP contribution in [0.15, 0.2) is 0 Å². The van der Waals surface area contributed by atoms with E-state index in [4.69, 9.17) is 0 Å². The first-order valence-electron chi connectivity index (χ1n) is 8.37. The van der Waals surface area contributed by atoms with Gasteiger partial charge in [-0.1, -0.05) is 0 Å². The van der Waals surface area contributed by atoms with Crippen LogP contribution in [0.2, 0.25) is 0 Å². The van der Waals surface area contributed by atoms with Gasteiger partial charge < -0.3 is 14.9 Å². The van der Waals surface area contributed by atoms with Crippen LogP contribution in [0, 0.1) is 5.92 Å². The summed E-state index contributed by atoms with van der Waals surface area (Å²) in [7, 11) is 0. The Bertz CT molecular complexity index is 231. The molecule has 3 nitrogen and oxygen atoms in total. The lowest BCUT2D eigenvalue weighted by Gasteiger charge is -2.33. The average Bonchev–Trinajstić information content (AvgIpc) is 2.89. The van der Waals surface area contributed by atoms with E-state index < -0.39 is 0 Å². The van der Waals surface area contributed by atoms with E-state index in [-0.39, 0.29) is 6.10 Å². The summed E-state index contributed by atoms with van der Waals surface area (Å²) in [6.07, 6.45) is 8.90. The first-order valence-corrected chi connectivity index (χ1v) is 8.37. The molecular weight excluding hydrogens is 236 g/mol. The van der Waals surface area contributed by atoms with E-state index in [9.17, 15) is 5.11 Å². The number of hydrogen-bond acceptors (Lipinski definition) is 3. The zero-order chi connectivity index (χ0) is 13.5. The van der Waals surface area contributed by atoms with Gasteiger partial charge in [-0.05, 0) is 90.5 Å². The minimum atomic E-state index is -0.119. The summed E-state index contributed by atoms with van der Waals surface area (Å²) in [6.45, 7) is 9.78. The van der Waals surface area contributed by atoms with Gasteiger partial charge in [0, 0.05) is 6.54 Å². The van der Waals surface area contributed by atoms with Gasteiger partial charge in [-0.15, -0.1) is 0 Å². The zero-order valence-electron chi connectivity index (χ0n) is 12.7. The molecule has 112 valence electrons. The predicted molar refractivity (Wildman–Crippen MR) is 80.4 cm³/mol. The number of aliphatic hydroxyl groups is 1. The van der Waals surface area contributed by atoms with Crippen molar-refractivity contribution in [1.29, 1.82) is 0 Å². The van der Waals surface area contributed by atoms with Crippen LogP contribution in [0.25, 0.3) is 0 Å². The van der Waals surface area contributed by atoms with Crippen molar-refractivity contribution in [3.63, 3.8) is 0 Å². The number of unbranched alkanes of at least 4 members (excludes halogenated alkanes) is 1. The van der Waals surface area contributed by atoms with E-state index in [0.717, 1.165) is 12.3 Å². The fourth-order valence-electron chi connectivity index (χ4n) is 3.50. The van der Waals surface area contributed by atoms with Crippen molar-refractivity contribution in [1.82, 2.24) is 9.80 Å². The Labute approximate surface area is 119 Å². The van der Waals surface area contributed by atoms with Crippen LogP contribution in [0.1, 0.15) is 51.9 Å². The van der Waals surface area contributed by atoms with Gasteiger partial charge in [-0.2, -0.15) is 0 Å². The molecule has 2 fully saturated rings. The molecule has 2 heterocycles. The number of piperidine rings is 1. The van der Waals surface area contributed by atoms with Crippen molar-refractivity contribution >= 4 is 0 Å². The second-order valence-electron chi connectivity index (χ2n) is 6.64. The zero-order valence-corrected chi connectivity index (χ0v) is 12.7. The SMILES string of the molecule is CC(O)CCCCN1CCC(CN2CCCC2)CC1. The van der Waals surface area contributed by atoms with Crippen LogP contribution in [0.4, 0.5) is 0 Å². The third-order valence-corrected chi connectivity index (χ3v) is 4.77. The molecule has 0 saturated carbocycles. The Hall–Kier alpha value is -0.120. The summed E-state index contributed by atoms with van der Waals surface area (Å²) in [5, 5.41) is 9.24. The van der Waals surface area contributed by atoms with Crippen molar-refractivity contribution in [2.24, 2.45) is 5.92 Å². The highest BCUT2D eigenvalue weighted by Gasteiger charge is 2.22. The molecule has 0 spiro atoms. The summed E-state index contributed by atoms with van der Waals surface area (Å²) in [4.78, 5) is 5.30. The summed E-state index contributed by atoms with van der Waals surface area (Å²) >= 11 is 0. The van der Waals surface area contributed by atoms with Gasteiger partial charge in [0.15, 0.2) is 0 Å². The maximum atomic E-state index is 9.24. The molecule has 19 heavy (non-hydrogen) atoms. The first kappa shape index (κ1) is 15.3. The van der Waals surface area contributed by atoms with Crippen molar-refractivity contribution in [3.05, 3.63) is 0 Å². The Kier molecular flexibility index (Phi) is 6.62. The van der Waals surface area contributed by atoms with Crippen molar-refractivity contribution in [2.45, 2.75) is 58.0 Å². The van der Waals surface area contributed by atoms with Gasteiger partial charge >= 0.3 is 0 Å². The fraction of sp³-hybridized carbons (Fsp3) is 1.00. The molecule has 0 amide bonds. The number of aliphatic hydroxyl groups excluding tert-OH is 1. The second-order valence-corrected chi connectivity index (χ2v) is 6.64. The molecule has 2 rings (SSSR count). The molecule has 2 aliphatic rings. The summed E-state index contributed by atoms with van der Waals surface area (Å²) in [5.74, 6) is 0.951. The maximum Gasteiger partial charge on any atom is 0.0512 e. The molecule has 1 unspecified atom stereocenters. The lowest BCUT2D eigenvalue weighted by atomic mass is 9.96. The van der Waals surface area contributed by atoms with E-state index in [1.165, 1.54) is 77.8 Å². The Morgan fingerprint density at radius 2 is 1.68 bits per heavy atom. The van der Waals surface area contributed by atoms with Crippen LogP contribution in [0.5, 0.6) is 0 Å². The van der Waals surface area contributed by atoms with E-state index in [2.05, 4.69) is 9.80 Å². The lowest BCUT2D eigenvalue weighted by Crippen LogP contribution is -2.38. The molecule has 0 aromatic rings. The van der Waals surface area contributed by atoms with Crippen LogP contribution in [-0.4, -0.2) is 60.3 Å². The highest BCUT2D eigenvalue weighted by Crippen LogP contribution is 2.20. The molecule has 1 N–H and O–H groups in total. The lowest BCUT2D eigenvalue weighted by molar-refractivity contribution is 0.146. The smallest absolute Gasteiger partial charge is 0.0512 e. The molecule has 1 atom stereocenters. The van der Waals surface area contributed by atoms with Crippen molar-refractivity contribution < 1.29 is 5.11 Å². The Morgan fingerprint density at radius 1 is 1.00 bits per heavy atom. The van der Waals surface area contributed by atoms with E-state index in [1.807, 2.05) is 6.92 Å². The van der Waals surface area contributed by atoms with Crippen LogP contribution in [0.3, 0.4) is 0 Å². The number of rotatable bonds is 7. The van der Waals surface area contributed by atoms with Gasteiger partial charge in [0.2, 0.25) is 0 Å². The molecule has 0 aromatic heterocycles. The monoisotopic (exact) mass is 268 g/mol. The molecule has 2 aliphatic heterocycles. The van der Waals surface area contributed by atoms with Gasteiger partial charge in [0.05, 0.1) is 6.10 Å². The minimum Gasteiger partial charge on any atom is -0.393 e. The van der Waals surface area contributed by atoms with Gasteiger partial charge in [-0.3, -0.25) is 0 Å². The van der Waals surface area contributed by atoms with Crippen LogP contribution in [-0.2, 0) is 0 Å². The Balaban J connectivity index is 1.52. The summed E-state index contributed by atoms with van der Waals surface area (Å²) in [5.41, 5.74) is 0. The summed E-state index contributed by atoms with van der Waals surface area (Å²) in [6, 6.07) is 0. The van der Waals surface area contributed by atoms with E-state index in [1.54, 1.807) is 0 Å².